The largest absolute Gasteiger partial charge is 0.379 e. The molecule has 1 saturated carbocycles. The molecule has 1 saturated heterocycles. The second-order valence-electron chi connectivity index (χ2n) is 8.46. The first-order valence-corrected chi connectivity index (χ1v) is 11.3. The highest BCUT2D eigenvalue weighted by Gasteiger charge is 2.39. The monoisotopic (exact) mass is 430 g/mol. The Bertz CT molecular complexity index is 856. The van der Waals surface area contributed by atoms with Gasteiger partial charge in [-0.15, -0.1) is 0 Å². The number of ether oxygens (including phenoxy) is 1. The van der Waals surface area contributed by atoms with Crippen LogP contribution in [0.2, 0.25) is 5.15 Å². The number of aryl methyl sites for hydroxylation is 1. The van der Waals surface area contributed by atoms with Gasteiger partial charge in [0, 0.05) is 25.2 Å². The van der Waals surface area contributed by atoms with E-state index in [1.807, 2.05) is 37.3 Å². The summed E-state index contributed by atoms with van der Waals surface area (Å²) in [5, 5.41) is 8.13. The Morgan fingerprint density at radius 2 is 1.87 bits per heavy atom. The molecule has 4 rings (SSSR count). The summed E-state index contributed by atoms with van der Waals surface area (Å²) in [7, 11) is 0. The molecule has 162 valence electrons. The SMILES string of the molecule is Cc1nn(Cc2ccccc2)c(Cl)c1C(=O)NCC1(N2CCOCC2)CCCCC1. The van der Waals surface area contributed by atoms with Gasteiger partial charge < -0.3 is 10.1 Å². The molecule has 2 heterocycles. The van der Waals surface area contributed by atoms with Gasteiger partial charge in [-0.2, -0.15) is 5.10 Å². The van der Waals surface area contributed by atoms with Gasteiger partial charge in [0.2, 0.25) is 0 Å². The summed E-state index contributed by atoms with van der Waals surface area (Å²) in [5.74, 6) is -0.130. The number of halogens is 1. The Morgan fingerprint density at radius 1 is 1.17 bits per heavy atom. The fourth-order valence-electron chi connectivity index (χ4n) is 4.86. The molecule has 7 heteroatoms. The zero-order chi connectivity index (χ0) is 21.0. The van der Waals surface area contributed by atoms with Crippen LogP contribution in [-0.4, -0.2) is 59.0 Å². The van der Waals surface area contributed by atoms with Crippen molar-refractivity contribution < 1.29 is 9.53 Å². The highest BCUT2D eigenvalue weighted by atomic mass is 35.5. The first-order valence-electron chi connectivity index (χ1n) is 11.0. The summed E-state index contributed by atoms with van der Waals surface area (Å²) in [6.07, 6.45) is 5.93. The van der Waals surface area contributed by atoms with E-state index in [0.29, 0.717) is 29.5 Å². The van der Waals surface area contributed by atoms with Crippen molar-refractivity contribution in [1.82, 2.24) is 20.0 Å². The summed E-state index contributed by atoms with van der Waals surface area (Å²) >= 11 is 6.59. The van der Waals surface area contributed by atoms with Crippen molar-refractivity contribution >= 4 is 17.5 Å². The van der Waals surface area contributed by atoms with Crippen LogP contribution in [0.15, 0.2) is 30.3 Å². The number of carbonyl (C=O) groups is 1. The molecule has 1 aromatic carbocycles. The second-order valence-corrected chi connectivity index (χ2v) is 8.82. The molecular weight excluding hydrogens is 400 g/mol. The van der Waals surface area contributed by atoms with Crippen LogP contribution in [0.25, 0.3) is 0 Å². The molecule has 0 spiro atoms. The topological polar surface area (TPSA) is 59.4 Å². The van der Waals surface area contributed by atoms with Crippen molar-refractivity contribution in [2.24, 2.45) is 0 Å². The molecule has 0 atom stereocenters. The average molecular weight is 431 g/mol. The van der Waals surface area contributed by atoms with Gasteiger partial charge in [-0.3, -0.25) is 9.69 Å². The fourth-order valence-corrected chi connectivity index (χ4v) is 5.18. The van der Waals surface area contributed by atoms with E-state index < -0.39 is 0 Å². The molecule has 1 aliphatic carbocycles. The van der Waals surface area contributed by atoms with Crippen molar-refractivity contribution in [3.05, 3.63) is 52.3 Å². The smallest absolute Gasteiger partial charge is 0.256 e. The van der Waals surface area contributed by atoms with Crippen molar-refractivity contribution in [2.75, 3.05) is 32.8 Å². The Hall–Kier alpha value is -1.89. The number of nitrogens with zero attached hydrogens (tertiary/aromatic N) is 3. The average Bonchev–Trinajstić information content (AvgIpc) is 3.07. The van der Waals surface area contributed by atoms with E-state index in [4.69, 9.17) is 16.3 Å². The van der Waals surface area contributed by atoms with E-state index in [9.17, 15) is 4.79 Å². The van der Waals surface area contributed by atoms with Gasteiger partial charge >= 0.3 is 0 Å². The summed E-state index contributed by atoms with van der Waals surface area (Å²) in [5.41, 5.74) is 2.28. The van der Waals surface area contributed by atoms with Crippen molar-refractivity contribution in [1.29, 1.82) is 0 Å². The number of hydrogen-bond acceptors (Lipinski definition) is 4. The quantitative estimate of drug-likeness (QED) is 0.759. The zero-order valence-corrected chi connectivity index (χ0v) is 18.5. The van der Waals surface area contributed by atoms with E-state index in [1.54, 1.807) is 4.68 Å². The molecule has 1 N–H and O–H groups in total. The van der Waals surface area contributed by atoms with Crippen LogP contribution < -0.4 is 5.32 Å². The maximum absolute atomic E-state index is 13.1. The summed E-state index contributed by atoms with van der Waals surface area (Å²) in [4.78, 5) is 15.7. The Kier molecular flexibility index (Phi) is 6.76. The van der Waals surface area contributed by atoms with Crippen LogP contribution in [-0.2, 0) is 11.3 Å². The van der Waals surface area contributed by atoms with Crippen molar-refractivity contribution in [2.45, 2.75) is 51.1 Å². The fraction of sp³-hybridized carbons (Fsp3) is 0.565. The van der Waals surface area contributed by atoms with E-state index in [1.165, 1.54) is 19.3 Å². The van der Waals surface area contributed by atoms with E-state index in [2.05, 4.69) is 15.3 Å². The lowest BCUT2D eigenvalue weighted by molar-refractivity contribution is -0.0361. The van der Waals surface area contributed by atoms with Gasteiger partial charge in [-0.05, 0) is 25.3 Å². The van der Waals surface area contributed by atoms with Gasteiger partial charge in [-0.1, -0.05) is 61.2 Å². The number of rotatable bonds is 6. The molecule has 1 aromatic heterocycles. The molecule has 0 unspecified atom stereocenters. The van der Waals surface area contributed by atoms with Crippen LogP contribution in [0.5, 0.6) is 0 Å². The predicted octanol–water partition coefficient (Wildman–Crippen LogP) is 3.66. The zero-order valence-electron chi connectivity index (χ0n) is 17.7. The molecular formula is C23H31ClN4O2. The standard InChI is InChI=1S/C23H31ClN4O2/c1-18-20(21(24)28(26-18)16-19-8-4-2-5-9-19)22(29)25-17-23(10-6-3-7-11-23)27-12-14-30-15-13-27/h2,4-5,8-9H,3,6-7,10-17H2,1H3,(H,25,29). The van der Waals surface area contributed by atoms with Crippen LogP contribution >= 0.6 is 11.6 Å². The summed E-state index contributed by atoms with van der Waals surface area (Å²) < 4.78 is 7.26. The number of morpholine rings is 1. The van der Waals surface area contributed by atoms with Gasteiger partial charge in [0.25, 0.3) is 5.91 Å². The van der Waals surface area contributed by atoms with Crippen molar-refractivity contribution in [3.8, 4) is 0 Å². The molecule has 0 radical (unpaired) electrons. The normalized spacial score (nSPS) is 19.5. The summed E-state index contributed by atoms with van der Waals surface area (Å²) in [6.45, 7) is 6.45. The first-order chi connectivity index (χ1) is 14.6. The number of benzene rings is 1. The van der Waals surface area contributed by atoms with Gasteiger partial charge in [0.1, 0.15) is 5.15 Å². The third-order valence-electron chi connectivity index (χ3n) is 6.51. The lowest BCUT2D eigenvalue weighted by Crippen LogP contribution is -2.59. The molecule has 2 aromatic rings. The molecule has 6 nitrogen and oxygen atoms in total. The van der Waals surface area contributed by atoms with Crippen LogP contribution in [0, 0.1) is 6.92 Å². The maximum atomic E-state index is 13.1. The van der Waals surface area contributed by atoms with E-state index in [-0.39, 0.29) is 11.4 Å². The minimum absolute atomic E-state index is 0.0259. The third kappa shape index (κ3) is 4.56. The molecule has 0 bridgehead atoms. The highest BCUT2D eigenvalue weighted by molar-refractivity contribution is 6.33. The third-order valence-corrected chi connectivity index (χ3v) is 6.90. The number of amides is 1. The van der Waals surface area contributed by atoms with Crippen LogP contribution in [0.1, 0.15) is 53.7 Å². The highest BCUT2D eigenvalue weighted by Crippen LogP contribution is 2.34. The molecule has 1 aliphatic heterocycles. The Balaban J connectivity index is 1.47. The van der Waals surface area contributed by atoms with Crippen LogP contribution in [0.4, 0.5) is 0 Å². The number of nitrogens with one attached hydrogen (secondary N) is 1. The Morgan fingerprint density at radius 3 is 2.57 bits per heavy atom. The molecule has 1 amide bonds. The van der Waals surface area contributed by atoms with Gasteiger partial charge in [-0.25, -0.2) is 4.68 Å². The van der Waals surface area contributed by atoms with Gasteiger partial charge in [0.15, 0.2) is 0 Å². The van der Waals surface area contributed by atoms with Gasteiger partial charge in [0.05, 0.1) is 31.0 Å². The first kappa shape index (κ1) is 21.3. The minimum Gasteiger partial charge on any atom is -0.379 e. The number of aromatic nitrogens is 2. The maximum Gasteiger partial charge on any atom is 0.256 e. The minimum atomic E-state index is -0.130. The lowest BCUT2D eigenvalue weighted by Gasteiger charge is -2.48. The van der Waals surface area contributed by atoms with Crippen LogP contribution in [0.3, 0.4) is 0 Å². The van der Waals surface area contributed by atoms with E-state index in [0.717, 1.165) is 44.7 Å². The lowest BCUT2D eigenvalue weighted by atomic mass is 9.79. The number of hydrogen-bond donors (Lipinski definition) is 1. The second kappa shape index (κ2) is 9.50. The number of carbonyl (C=O) groups excluding carboxylic acids is 1. The predicted molar refractivity (Wildman–Crippen MR) is 118 cm³/mol. The Labute approximate surface area is 183 Å². The molecule has 30 heavy (non-hydrogen) atoms. The molecule has 2 aliphatic rings. The molecule has 2 fully saturated rings. The van der Waals surface area contributed by atoms with Crippen molar-refractivity contribution in [3.63, 3.8) is 0 Å². The van der Waals surface area contributed by atoms with E-state index >= 15 is 0 Å². The summed E-state index contributed by atoms with van der Waals surface area (Å²) in [6, 6.07) is 10.0.